The van der Waals surface area contributed by atoms with Crippen molar-refractivity contribution in [2.24, 2.45) is 0 Å². The number of rotatable bonds is 5. The Morgan fingerprint density at radius 2 is 1.80 bits per heavy atom. The second kappa shape index (κ2) is 8.57. The predicted molar refractivity (Wildman–Crippen MR) is 123 cm³/mol. The van der Waals surface area contributed by atoms with Crippen molar-refractivity contribution in [2.45, 2.75) is 49.5 Å². The third-order valence-electron chi connectivity index (χ3n) is 5.30. The van der Waals surface area contributed by atoms with E-state index in [0.717, 1.165) is 39.5 Å². The Balaban J connectivity index is 1.55. The maximum absolute atomic E-state index is 13.3. The highest BCUT2D eigenvalue weighted by Crippen LogP contribution is 2.40. The Kier molecular flexibility index (Phi) is 5.87. The molecule has 0 saturated carbocycles. The van der Waals surface area contributed by atoms with Gasteiger partial charge in [0, 0.05) is 22.6 Å². The van der Waals surface area contributed by atoms with Crippen molar-refractivity contribution in [1.29, 1.82) is 0 Å². The Labute approximate surface area is 182 Å². The molecule has 30 heavy (non-hydrogen) atoms. The van der Waals surface area contributed by atoms with Crippen LogP contribution in [0.1, 0.15) is 53.4 Å². The number of carbonyl (C=O) groups excluding carboxylic acids is 1. The minimum absolute atomic E-state index is 0.0404. The highest BCUT2D eigenvalue weighted by atomic mass is 32.2. The number of carbonyl (C=O) groups is 1. The summed E-state index contributed by atoms with van der Waals surface area (Å²) < 4.78 is 6.15. The van der Waals surface area contributed by atoms with E-state index in [2.05, 4.69) is 50.4 Å². The first-order chi connectivity index (χ1) is 14.4. The summed E-state index contributed by atoms with van der Waals surface area (Å²) in [6.07, 6.45) is 0.731. The van der Waals surface area contributed by atoms with E-state index in [-0.39, 0.29) is 17.6 Å². The fraction of sp³-hybridized carbons (Fsp3) is 0.269. The molecule has 1 heterocycles. The normalized spacial score (nSPS) is 17.0. The van der Waals surface area contributed by atoms with Crippen LogP contribution < -0.4 is 10.1 Å². The molecule has 0 fully saturated rings. The summed E-state index contributed by atoms with van der Waals surface area (Å²) in [7, 11) is 0. The van der Waals surface area contributed by atoms with E-state index in [4.69, 9.17) is 4.74 Å². The van der Waals surface area contributed by atoms with Gasteiger partial charge in [-0.25, -0.2) is 0 Å². The molecule has 3 aromatic rings. The van der Waals surface area contributed by atoms with Crippen LogP contribution in [0.3, 0.4) is 0 Å². The van der Waals surface area contributed by atoms with Crippen LogP contribution in [-0.4, -0.2) is 11.5 Å². The summed E-state index contributed by atoms with van der Waals surface area (Å²) in [6, 6.07) is 24.3. The van der Waals surface area contributed by atoms with Crippen LogP contribution in [0.5, 0.6) is 5.75 Å². The van der Waals surface area contributed by atoms with Gasteiger partial charge in [0.2, 0.25) is 0 Å². The summed E-state index contributed by atoms with van der Waals surface area (Å²) >= 11 is 1.69. The van der Waals surface area contributed by atoms with Crippen molar-refractivity contribution in [3.8, 4) is 5.75 Å². The van der Waals surface area contributed by atoms with Crippen LogP contribution >= 0.6 is 11.8 Å². The summed E-state index contributed by atoms with van der Waals surface area (Å²) in [4.78, 5) is 14.3. The maximum Gasteiger partial charge on any atom is 0.252 e. The number of hydrogen-bond acceptors (Lipinski definition) is 3. The number of aryl methyl sites for hydroxylation is 1. The third kappa shape index (κ3) is 4.71. The van der Waals surface area contributed by atoms with E-state index >= 15 is 0 Å². The van der Waals surface area contributed by atoms with Gasteiger partial charge in [-0.3, -0.25) is 4.79 Å². The van der Waals surface area contributed by atoms with Gasteiger partial charge in [-0.1, -0.05) is 60.2 Å². The largest absolute Gasteiger partial charge is 0.487 e. The standard InChI is InChI=1S/C26H27NO2S/c1-18-13-14-23-21(15-18)22(16-26(2,3)29-23)27-25(28)20-11-7-8-12-24(20)30-17-19-9-5-4-6-10-19/h4-15,22H,16-17H2,1-3H3,(H,27,28)/t22-/m0/s1. The zero-order valence-electron chi connectivity index (χ0n) is 17.6. The molecular formula is C26H27NO2S. The number of hydrogen-bond donors (Lipinski definition) is 1. The lowest BCUT2D eigenvalue weighted by molar-refractivity contribution is 0.0618. The molecule has 0 aromatic heterocycles. The third-order valence-corrected chi connectivity index (χ3v) is 6.44. The number of amides is 1. The van der Waals surface area contributed by atoms with Crippen molar-refractivity contribution < 1.29 is 9.53 Å². The molecule has 3 aromatic carbocycles. The molecule has 1 N–H and O–H groups in total. The molecule has 4 rings (SSSR count). The summed E-state index contributed by atoms with van der Waals surface area (Å²) in [5, 5.41) is 3.28. The van der Waals surface area contributed by atoms with Crippen molar-refractivity contribution in [2.75, 3.05) is 0 Å². The lowest BCUT2D eigenvalue weighted by Crippen LogP contribution is -2.41. The van der Waals surface area contributed by atoms with Gasteiger partial charge in [-0.05, 0) is 44.5 Å². The second-order valence-electron chi connectivity index (χ2n) is 8.40. The highest BCUT2D eigenvalue weighted by Gasteiger charge is 2.34. The fourth-order valence-corrected chi connectivity index (χ4v) is 4.86. The van der Waals surface area contributed by atoms with Crippen molar-refractivity contribution in [3.05, 3.63) is 95.1 Å². The Bertz CT molecular complexity index is 1050. The van der Waals surface area contributed by atoms with Gasteiger partial charge < -0.3 is 10.1 Å². The van der Waals surface area contributed by atoms with Crippen molar-refractivity contribution >= 4 is 17.7 Å². The minimum atomic E-state index is -0.332. The van der Waals surface area contributed by atoms with Crippen LogP contribution in [0.2, 0.25) is 0 Å². The van der Waals surface area contributed by atoms with E-state index in [1.165, 1.54) is 5.56 Å². The van der Waals surface area contributed by atoms with Crippen LogP contribution in [0.15, 0.2) is 77.7 Å². The smallest absolute Gasteiger partial charge is 0.252 e. The second-order valence-corrected chi connectivity index (χ2v) is 9.42. The van der Waals surface area contributed by atoms with Crippen LogP contribution in [-0.2, 0) is 5.75 Å². The van der Waals surface area contributed by atoms with Gasteiger partial charge >= 0.3 is 0 Å². The number of thioether (sulfide) groups is 1. The maximum atomic E-state index is 13.3. The van der Waals surface area contributed by atoms with E-state index < -0.39 is 0 Å². The first-order valence-corrected chi connectivity index (χ1v) is 11.3. The quantitative estimate of drug-likeness (QED) is 0.494. The molecule has 154 valence electrons. The predicted octanol–water partition coefficient (Wildman–Crippen LogP) is 6.32. The van der Waals surface area contributed by atoms with Gasteiger partial charge in [0.25, 0.3) is 5.91 Å². The summed E-state index contributed by atoms with van der Waals surface area (Å²) in [5.74, 6) is 1.65. The lowest BCUT2D eigenvalue weighted by Gasteiger charge is -2.38. The minimum Gasteiger partial charge on any atom is -0.487 e. The Hall–Kier alpha value is -2.72. The number of nitrogens with one attached hydrogen (secondary N) is 1. The molecule has 0 bridgehead atoms. The topological polar surface area (TPSA) is 38.3 Å². The van der Waals surface area contributed by atoms with Gasteiger partial charge in [0.1, 0.15) is 11.4 Å². The lowest BCUT2D eigenvalue weighted by atomic mass is 9.88. The van der Waals surface area contributed by atoms with E-state index in [1.54, 1.807) is 11.8 Å². The van der Waals surface area contributed by atoms with Crippen LogP contribution in [0.4, 0.5) is 0 Å². The molecule has 1 aliphatic rings. The van der Waals surface area contributed by atoms with Crippen molar-refractivity contribution in [3.63, 3.8) is 0 Å². The van der Waals surface area contributed by atoms with Gasteiger partial charge in [0.15, 0.2) is 0 Å². The van der Waals surface area contributed by atoms with E-state index in [9.17, 15) is 4.79 Å². The first-order valence-electron chi connectivity index (χ1n) is 10.3. The molecule has 0 radical (unpaired) electrons. The van der Waals surface area contributed by atoms with E-state index in [0.29, 0.717) is 0 Å². The van der Waals surface area contributed by atoms with Gasteiger partial charge in [-0.2, -0.15) is 0 Å². The fourth-order valence-electron chi connectivity index (χ4n) is 3.85. The van der Waals surface area contributed by atoms with Crippen molar-refractivity contribution in [1.82, 2.24) is 5.32 Å². The van der Waals surface area contributed by atoms with Crippen LogP contribution in [0.25, 0.3) is 0 Å². The molecule has 1 atom stereocenters. The molecule has 1 amide bonds. The van der Waals surface area contributed by atoms with Gasteiger partial charge in [-0.15, -0.1) is 11.8 Å². The summed E-state index contributed by atoms with van der Waals surface area (Å²) in [6.45, 7) is 6.20. The molecule has 1 aliphatic heterocycles. The summed E-state index contributed by atoms with van der Waals surface area (Å²) in [5.41, 5.74) is 3.85. The molecule has 0 unspecified atom stereocenters. The average Bonchev–Trinajstić information content (AvgIpc) is 2.73. The zero-order valence-corrected chi connectivity index (χ0v) is 18.5. The highest BCUT2D eigenvalue weighted by molar-refractivity contribution is 7.98. The molecule has 3 nitrogen and oxygen atoms in total. The first kappa shape index (κ1) is 20.5. The number of benzene rings is 3. The molecule has 0 aliphatic carbocycles. The van der Waals surface area contributed by atoms with Gasteiger partial charge in [0.05, 0.1) is 11.6 Å². The molecule has 4 heteroatoms. The van der Waals surface area contributed by atoms with E-state index in [1.807, 2.05) is 48.5 Å². The molecular weight excluding hydrogens is 390 g/mol. The monoisotopic (exact) mass is 417 g/mol. The zero-order chi connectivity index (χ0) is 21.1. The molecule has 0 spiro atoms. The molecule has 0 saturated heterocycles. The Morgan fingerprint density at radius 3 is 2.60 bits per heavy atom. The number of fused-ring (bicyclic) bond motifs is 1. The average molecular weight is 418 g/mol. The SMILES string of the molecule is Cc1ccc2c(c1)[C@@H](NC(=O)c1ccccc1SCc1ccccc1)CC(C)(C)O2. The Morgan fingerprint density at radius 1 is 1.07 bits per heavy atom. The van der Waals surface area contributed by atoms with Crippen LogP contribution in [0, 0.1) is 6.92 Å². The number of ether oxygens (including phenoxy) is 1.